The lowest BCUT2D eigenvalue weighted by molar-refractivity contribution is 0.278. The third-order valence-corrected chi connectivity index (χ3v) is 2.78. The summed E-state index contributed by atoms with van der Waals surface area (Å²) in [7, 11) is 0. The third-order valence-electron chi connectivity index (χ3n) is 2.78. The van der Waals surface area contributed by atoms with Crippen LogP contribution in [0.2, 0.25) is 0 Å². The molecule has 2 nitrogen and oxygen atoms in total. The monoisotopic (exact) mass is 167 g/mol. The van der Waals surface area contributed by atoms with Gasteiger partial charge in [0.05, 0.1) is 5.54 Å². The van der Waals surface area contributed by atoms with Gasteiger partial charge < -0.3 is 0 Å². The summed E-state index contributed by atoms with van der Waals surface area (Å²) in [5.41, 5.74) is -0.0191. The number of hydrogen-bond acceptors (Lipinski definition) is 2. The fraction of sp³-hybridized carbons (Fsp3) is 0.900. The molecule has 1 rings (SSSR count). The zero-order valence-electron chi connectivity index (χ0n) is 7.81. The van der Waals surface area contributed by atoms with Crippen LogP contribution >= 0.6 is 0 Å². The number of hydrogen-bond donors (Lipinski definition) is 0. The maximum Gasteiger partial charge on any atom is 0.235 e. The minimum atomic E-state index is -0.0191. The lowest BCUT2D eigenvalue weighted by Gasteiger charge is -2.31. The largest absolute Gasteiger partial charge is 0.235 e. The van der Waals surface area contributed by atoms with E-state index >= 15 is 0 Å². The molecule has 2 heteroatoms. The van der Waals surface area contributed by atoms with Crippen molar-refractivity contribution in [3.63, 3.8) is 0 Å². The Hall–Kier alpha value is -0.620. The molecule has 0 N–H and O–H groups in total. The molecule has 0 aromatic rings. The van der Waals surface area contributed by atoms with Crippen molar-refractivity contribution in [2.24, 2.45) is 4.99 Å². The number of carbonyl (C=O) groups excluding carboxylic acids is 1. The van der Waals surface area contributed by atoms with Crippen molar-refractivity contribution in [1.82, 2.24) is 0 Å². The number of nitrogens with zero attached hydrogens (tertiary/aromatic N) is 1. The van der Waals surface area contributed by atoms with Crippen LogP contribution in [0.15, 0.2) is 4.99 Å². The van der Waals surface area contributed by atoms with Crippen LogP contribution in [0, 0.1) is 0 Å². The number of isocyanates is 1. The molecular formula is C10H17NO. The van der Waals surface area contributed by atoms with E-state index in [0.717, 1.165) is 25.7 Å². The molecule has 0 aromatic heterocycles. The van der Waals surface area contributed by atoms with Gasteiger partial charge in [0.25, 0.3) is 0 Å². The Morgan fingerprint density at radius 3 is 2.50 bits per heavy atom. The summed E-state index contributed by atoms with van der Waals surface area (Å²) in [6.07, 6.45) is 9.86. The molecule has 0 spiro atoms. The summed E-state index contributed by atoms with van der Waals surface area (Å²) in [5, 5.41) is 0. The molecule has 1 saturated carbocycles. The predicted molar refractivity (Wildman–Crippen MR) is 48.8 cm³/mol. The Balaban J connectivity index is 2.62. The standard InChI is InChI=1S/C10H17NO/c1-2-6-10(11-9-12)7-4-3-5-8-10/h2-8H2,1H3. The summed E-state index contributed by atoms with van der Waals surface area (Å²) in [5.74, 6) is 0. The Morgan fingerprint density at radius 1 is 1.33 bits per heavy atom. The van der Waals surface area contributed by atoms with Crippen LogP contribution < -0.4 is 0 Å². The van der Waals surface area contributed by atoms with Gasteiger partial charge in [0.15, 0.2) is 0 Å². The Morgan fingerprint density at radius 2 is 2.00 bits per heavy atom. The van der Waals surface area contributed by atoms with E-state index in [-0.39, 0.29) is 5.54 Å². The molecule has 0 unspecified atom stereocenters. The molecule has 0 aromatic carbocycles. The van der Waals surface area contributed by atoms with E-state index in [1.165, 1.54) is 19.3 Å². The van der Waals surface area contributed by atoms with E-state index in [0.29, 0.717) is 0 Å². The van der Waals surface area contributed by atoms with Crippen LogP contribution in [0.1, 0.15) is 51.9 Å². The molecule has 0 atom stereocenters. The fourth-order valence-electron chi connectivity index (χ4n) is 2.19. The quantitative estimate of drug-likeness (QED) is 0.469. The second-order valence-corrected chi connectivity index (χ2v) is 3.74. The summed E-state index contributed by atoms with van der Waals surface area (Å²) in [6, 6.07) is 0. The molecule has 0 heterocycles. The molecule has 0 aliphatic heterocycles. The first kappa shape index (κ1) is 9.47. The van der Waals surface area contributed by atoms with Crippen molar-refractivity contribution < 1.29 is 4.79 Å². The fourth-order valence-corrected chi connectivity index (χ4v) is 2.19. The van der Waals surface area contributed by atoms with Gasteiger partial charge in [-0.2, -0.15) is 4.99 Å². The lowest BCUT2D eigenvalue weighted by Crippen LogP contribution is -2.28. The molecule has 12 heavy (non-hydrogen) atoms. The van der Waals surface area contributed by atoms with Crippen molar-refractivity contribution in [3.05, 3.63) is 0 Å². The first-order valence-electron chi connectivity index (χ1n) is 4.92. The highest BCUT2D eigenvalue weighted by molar-refractivity contribution is 5.35. The number of aliphatic imine (C=N–C) groups is 1. The predicted octanol–water partition coefficient (Wildman–Crippen LogP) is 2.83. The molecule has 1 aliphatic carbocycles. The van der Waals surface area contributed by atoms with Gasteiger partial charge in [0.2, 0.25) is 6.08 Å². The van der Waals surface area contributed by atoms with Crippen molar-refractivity contribution in [1.29, 1.82) is 0 Å². The van der Waals surface area contributed by atoms with Gasteiger partial charge in [0, 0.05) is 0 Å². The first-order valence-corrected chi connectivity index (χ1v) is 4.92. The maximum atomic E-state index is 10.3. The zero-order chi connectivity index (χ0) is 8.86. The second kappa shape index (κ2) is 4.42. The smallest absolute Gasteiger partial charge is 0.211 e. The summed E-state index contributed by atoms with van der Waals surface area (Å²) in [4.78, 5) is 14.3. The minimum absolute atomic E-state index is 0.0191. The topological polar surface area (TPSA) is 29.4 Å². The maximum absolute atomic E-state index is 10.3. The highest BCUT2D eigenvalue weighted by Gasteiger charge is 2.30. The van der Waals surface area contributed by atoms with Crippen LogP contribution in [-0.2, 0) is 4.79 Å². The van der Waals surface area contributed by atoms with Gasteiger partial charge in [-0.1, -0.05) is 32.6 Å². The molecular weight excluding hydrogens is 150 g/mol. The van der Waals surface area contributed by atoms with Gasteiger partial charge in [-0.05, 0) is 19.3 Å². The Kier molecular flexibility index (Phi) is 3.48. The summed E-state index contributed by atoms with van der Waals surface area (Å²) < 4.78 is 0. The van der Waals surface area contributed by atoms with E-state index < -0.39 is 0 Å². The van der Waals surface area contributed by atoms with Gasteiger partial charge in [0.1, 0.15) is 0 Å². The van der Waals surface area contributed by atoms with Crippen LogP contribution in [0.5, 0.6) is 0 Å². The Bertz CT molecular complexity index is 171. The molecule has 0 bridgehead atoms. The van der Waals surface area contributed by atoms with Gasteiger partial charge in [-0.25, -0.2) is 4.79 Å². The number of rotatable bonds is 3. The highest BCUT2D eigenvalue weighted by Crippen LogP contribution is 2.34. The second-order valence-electron chi connectivity index (χ2n) is 3.74. The molecule has 0 radical (unpaired) electrons. The lowest BCUT2D eigenvalue weighted by atomic mass is 9.79. The van der Waals surface area contributed by atoms with Crippen LogP contribution in [0.25, 0.3) is 0 Å². The van der Waals surface area contributed by atoms with Crippen molar-refractivity contribution >= 4 is 6.08 Å². The minimum Gasteiger partial charge on any atom is -0.211 e. The SMILES string of the molecule is CCCC1(N=C=O)CCCCC1. The van der Waals surface area contributed by atoms with Crippen molar-refractivity contribution in [2.75, 3.05) is 0 Å². The van der Waals surface area contributed by atoms with Crippen molar-refractivity contribution in [3.8, 4) is 0 Å². The molecule has 1 fully saturated rings. The summed E-state index contributed by atoms with van der Waals surface area (Å²) in [6.45, 7) is 2.15. The zero-order valence-corrected chi connectivity index (χ0v) is 7.81. The Labute approximate surface area is 74.1 Å². The molecule has 0 saturated heterocycles. The third kappa shape index (κ3) is 2.18. The first-order chi connectivity index (χ1) is 5.83. The van der Waals surface area contributed by atoms with E-state index in [2.05, 4.69) is 11.9 Å². The summed E-state index contributed by atoms with van der Waals surface area (Å²) >= 11 is 0. The van der Waals surface area contributed by atoms with E-state index in [9.17, 15) is 4.79 Å². The average Bonchev–Trinajstić information content (AvgIpc) is 2.07. The average molecular weight is 167 g/mol. The van der Waals surface area contributed by atoms with E-state index in [4.69, 9.17) is 0 Å². The molecule has 1 aliphatic rings. The van der Waals surface area contributed by atoms with Gasteiger partial charge >= 0.3 is 0 Å². The van der Waals surface area contributed by atoms with Gasteiger partial charge in [-0.15, -0.1) is 0 Å². The van der Waals surface area contributed by atoms with E-state index in [1.807, 2.05) is 0 Å². The molecule has 0 amide bonds. The van der Waals surface area contributed by atoms with Crippen LogP contribution in [-0.4, -0.2) is 11.6 Å². The van der Waals surface area contributed by atoms with Crippen LogP contribution in [0.4, 0.5) is 0 Å². The van der Waals surface area contributed by atoms with Crippen LogP contribution in [0.3, 0.4) is 0 Å². The normalized spacial score (nSPS) is 21.4. The molecule has 68 valence electrons. The van der Waals surface area contributed by atoms with Crippen molar-refractivity contribution in [2.45, 2.75) is 57.4 Å². The highest BCUT2D eigenvalue weighted by atomic mass is 16.1. The van der Waals surface area contributed by atoms with Gasteiger partial charge in [-0.3, -0.25) is 0 Å². The van der Waals surface area contributed by atoms with E-state index in [1.54, 1.807) is 6.08 Å².